The number of imide groups is 2. The maximum atomic E-state index is 13.2. The zero-order chi connectivity index (χ0) is 45.7. The average molecular weight is 934 g/mol. The lowest BCUT2D eigenvalue weighted by Crippen LogP contribution is -2.54. The molecule has 1 atom stereocenters. The normalized spacial score (nSPS) is 15.0. The SMILES string of the molecule is O=C1CCC(N2C(=O)c3cccc(NC(=O)CCCCCOCCOCCOCCOCCOCCOCCOCCOCCOCCOCCOCCOCCCl)c3C2=O)C(=O)N1. The molecule has 21 heteroatoms. The number of benzene rings is 1. The number of fused-ring (bicyclic) bond motifs is 1. The molecular formula is C43H68ClN3O17. The minimum atomic E-state index is -1.08. The molecule has 2 aliphatic heterocycles. The van der Waals surface area contributed by atoms with Crippen molar-refractivity contribution in [3.8, 4) is 0 Å². The first-order valence-corrected chi connectivity index (χ1v) is 22.6. The highest BCUT2D eigenvalue weighted by Gasteiger charge is 2.45. The Morgan fingerprint density at radius 1 is 0.547 bits per heavy atom. The number of alkyl halides is 1. The fraction of sp³-hybridized carbons (Fsp3) is 0.744. The number of rotatable bonds is 43. The van der Waals surface area contributed by atoms with Gasteiger partial charge in [0.25, 0.3) is 11.8 Å². The molecule has 364 valence electrons. The van der Waals surface area contributed by atoms with Gasteiger partial charge in [0.05, 0.1) is 169 Å². The molecule has 1 aromatic carbocycles. The van der Waals surface area contributed by atoms with Gasteiger partial charge in [-0.2, -0.15) is 0 Å². The highest BCUT2D eigenvalue weighted by molar-refractivity contribution is 6.26. The lowest BCUT2D eigenvalue weighted by molar-refractivity contribution is -0.136. The molecule has 0 saturated carbocycles. The van der Waals surface area contributed by atoms with E-state index >= 15 is 0 Å². The second-order valence-corrected chi connectivity index (χ2v) is 14.4. The maximum Gasteiger partial charge on any atom is 0.264 e. The van der Waals surface area contributed by atoms with Crippen LogP contribution in [0.25, 0.3) is 0 Å². The lowest BCUT2D eigenvalue weighted by atomic mass is 10.0. The van der Waals surface area contributed by atoms with Crippen LogP contribution in [0.4, 0.5) is 5.69 Å². The van der Waals surface area contributed by atoms with Crippen molar-refractivity contribution in [2.75, 3.05) is 170 Å². The van der Waals surface area contributed by atoms with Crippen LogP contribution in [0.2, 0.25) is 0 Å². The van der Waals surface area contributed by atoms with Crippen LogP contribution in [0.15, 0.2) is 18.2 Å². The highest BCUT2D eigenvalue weighted by atomic mass is 35.5. The molecule has 1 unspecified atom stereocenters. The Hall–Kier alpha value is -3.22. The van der Waals surface area contributed by atoms with E-state index in [9.17, 15) is 24.0 Å². The van der Waals surface area contributed by atoms with E-state index in [1.165, 1.54) is 6.07 Å². The summed E-state index contributed by atoms with van der Waals surface area (Å²) in [6, 6.07) is 3.52. The van der Waals surface area contributed by atoms with Gasteiger partial charge >= 0.3 is 0 Å². The van der Waals surface area contributed by atoms with Gasteiger partial charge in [0.15, 0.2) is 0 Å². The van der Waals surface area contributed by atoms with Crippen molar-refractivity contribution in [3.05, 3.63) is 29.3 Å². The van der Waals surface area contributed by atoms with Gasteiger partial charge in [-0.25, -0.2) is 0 Å². The third-order valence-corrected chi connectivity index (χ3v) is 9.40. The van der Waals surface area contributed by atoms with E-state index in [1.807, 2.05) is 0 Å². The van der Waals surface area contributed by atoms with Gasteiger partial charge in [0, 0.05) is 25.3 Å². The van der Waals surface area contributed by atoms with Crippen molar-refractivity contribution in [1.82, 2.24) is 10.2 Å². The van der Waals surface area contributed by atoms with Crippen molar-refractivity contribution in [3.63, 3.8) is 0 Å². The van der Waals surface area contributed by atoms with Gasteiger partial charge in [-0.15, -0.1) is 11.6 Å². The Kier molecular flexibility index (Phi) is 31.8. The smallest absolute Gasteiger partial charge is 0.264 e. The molecule has 64 heavy (non-hydrogen) atoms. The summed E-state index contributed by atoms with van der Waals surface area (Å²) in [6.07, 6.45) is 2.43. The monoisotopic (exact) mass is 933 g/mol. The molecule has 0 spiro atoms. The Bertz CT molecular complexity index is 1460. The molecule has 20 nitrogen and oxygen atoms in total. The van der Waals surface area contributed by atoms with Gasteiger partial charge < -0.3 is 62.2 Å². The molecule has 0 aromatic heterocycles. The van der Waals surface area contributed by atoms with E-state index in [-0.39, 0.29) is 42.0 Å². The lowest BCUT2D eigenvalue weighted by Gasteiger charge is -2.27. The summed E-state index contributed by atoms with van der Waals surface area (Å²) in [5, 5.41) is 4.91. The molecule has 0 radical (unpaired) electrons. The zero-order valence-electron chi connectivity index (χ0n) is 37.0. The zero-order valence-corrected chi connectivity index (χ0v) is 37.8. The van der Waals surface area contributed by atoms with E-state index in [1.54, 1.807) is 12.1 Å². The van der Waals surface area contributed by atoms with Crippen molar-refractivity contribution in [2.24, 2.45) is 0 Å². The van der Waals surface area contributed by atoms with Crippen molar-refractivity contribution in [2.45, 2.75) is 44.6 Å². The van der Waals surface area contributed by atoms with E-state index in [0.29, 0.717) is 171 Å². The van der Waals surface area contributed by atoms with Gasteiger partial charge in [-0.3, -0.25) is 34.2 Å². The summed E-state index contributed by atoms with van der Waals surface area (Å²) in [6.45, 7) is 11.6. The fourth-order valence-electron chi connectivity index (χ4n) is 6.07. The molecule has 2 heterocycles. The van der Waals surface area contributed by atoms with Crippen molar-refractivity contribution < 1.29 is 80.8 Å². The number of unbranched alkanes of at least 4 members (excludes halogenated alkanes) is 2. The van der Waals surface area contributed by atoms with E-state index in [2.05, 4.69) is 10.6 Å². The van der Waals surface area contributed by atoms with Crippen LogP contribution < -0.4 is 10.6 Å². The van der Waals surface area contributed by atoms with Gasteiger partial charge in [0.1, 0.15) is 6.04 Å². The summed E-state index contributed by atoms with van der Waals surface area (Å²) >= 11 is 5.52. The van der Waals surface area contributed by atoms with Crippen LogP contribution in [-0.2, 0) is 71.2 Å². The summed E-state index contributed by atoms with van der Waals surface area (Å²) < 4.78 is 65.5. The molecule has 5 amide bonds. The third-order valence-electron chi connectivity index (χ3n) is 9.25. The number of hydrogen-bond acceptors (Lipinski definition) is 17. The average Bonchev–Trinajstić information content (AvgIpc) is 3.54. The first kappa shape index (κ1) is 55.1. The molecular weight excluding hydrogens is 866 g/mol. The molecule has 1 fully saturated rings. The Labute approximate surface area is 380 Å². The highest BCUT2D eigenvalue weighted by Crippen LogP contribution is 2.32. The number of amides is 5. The predicted molar refractivity (Wildman–Crippen MR) is 231 cm³/mol. The van der Waals surface area contributed by atoms with Crippen LogP contribution in [-0.4, -0.2) is 205 Å². The second-order valence-electron chi connectivity index (χ2n) is 14.1. The molecule has 3 rings (SSSR count). The molecule has 1 saturated heterocycles. The second kappa shape index (κ2) is 36.9. The number of nitrogens with zero attached hydrogens (tertiary/aromatic N) is 1. The number of carbonyl (C=O) groups is 5. The first-order valence-electron chi connectivity index (χ1n) is 22.1. The predicted octanol–water partition coefficient (Wildman–Crippen LogP) is 2.02. The largest absolute Gasteiger partial charge is 0.379 e. The number of hydrogen-bond donors (Lipinski definition) is 2. The number of piperidine rings is 1. The maximum absolute atomic E-state index is 13.2. The summed E-state index contributed by atoms with van der Waals surface area (Å²) in [4.78, 5) is 63.6. The van der Waals surface area contributed by atoms with Crippen molar-refractivity contribution in [1.29, 1.82) is 0 Å². The fourth-order valence-corrected chi connectivity index (χ4v) is 6.18. The molecule has 0 bridgehead atoms. The van der Waals surface area contributed by atoms with Crippen LogP contribution in [0.1, 0.15) is 59.2 Å². The Morgan fingerprint density at radius 3 is 1.36 bits per heavy atom. The van der Waals surface area contributed by atoms with Gasteiger partial charge in [0.2, 0.25) is 17.7 Å². The van der Waals surface area contributed by atoms with Gasteiger partial charge in [-0.1, -0.05) is 12.5 Å². The summed E-state index contributed by atoms with van der Waals surface area (Å²) in [5.41, 5.74) is 0.376. The quantitative estimate of drug-likeness (QED) is 0.0543. The number of halogens is 1. The summed E-state index contributed by atoms with van der Waals surface area (Å²) in [5.74, 6) is -2.24. The molecule has 1 aromatic rings. The van der Waals surface area contributed by atoms with Crippen LogP contribution >= 0.6 is 11.6 Å². The topological polar surface area (TPSA) is 223 Å². The van der Waals surface area contributed by atoms with E-state index in [4.69, 9.17) is 68.4 Å². The molecule has 0 aliphatic carbocycles. The van der Waals surface area contributed by atoms with E-state index in [0.717, 1.165) is 17.7 Å². The number of carbonyl (C=O) groups excluding carboxylic acids is 5. The van der Waals surface area contributed by atoms with Crippen molar-refractivity contribution >= 4 is 46.8 Å². The van der Waals surface area contributed by atoms with E-state index < -0.39 is 29.7 Å². The van der Waals surface area contributed by atoms with Crippen LogP contribution in [0.5, 0.6) is 0 Å². The standard InChI is InChI=1S/C43H68ClN3O17/c44-10-12-54-14-16-56-18-20-58-22-24-60-26-28-62-30-32-64-34-33-63-31-29-61-27-25-59-23-21-57-19-17-55-15-13-53-11-3-1-2-7-38(48)45-36-6-4-5-35-40(36)43(52)47(42(35)51)37-8-9-39(49)46-41(37)50/h4-6,37H,1-3,7-34H2,(H,45,48)(H,46,49,50). The minimum Gasteiger partial charge on any atom is -0.379 e. The van der Waals surface area contributed by atoms with Gasteiger partial charge in [-0.05, 0) is 31.4 Å². The summed E-state index contributed by atoms with van der Waals surface area (Å²) in [7, 11) is 0. The third kappa shape index (κ3) is 24.3. The number of nitrogens with one attached hydrogen (secondary N) is 2. The molecule has 2 aliphatic rings. The van der Waals surface area contributed by atoms with Crippen LogP contribution in [0.3, 0.4) is 0 Å². The Morgan fingerprint density at radius 2 is 0.953 bits per heavy atom. The minimum absolute atomic E-state index is 0.0262. The molecule has 2 N–H and O–H groups in total. The first-order chi connectivity index (χ1) is 31.4. The van der Waals surface area contributed by atoms with Crippen LogP contribution in [0, 0.1) is 0 Å². The number of ether oxygens (including phenoxy) is 12. The Balaban J connectivity index is 0.976. The number of anilines is 1.